The summed E-state index contributed by atoms with van der Waals surface area (Å²) in [5.41, 5.74) is 0.978. The molecular weight excluding hydrogens is 270 g/mol. The van der Waals surface area contributed by atoms with E-state index >= 15 is 0 Å². The Labute approximate surface area is 116 Å². The third-order valence-electron chi connectivity index (χ3n) is 2.49. The first-order chi connectivity index (χ1) is 8.88. The number of thiazole rings is 1. The second-order valence-corrected chi connectivity index (χ2v) is 5.17. The quantitative estimate of drug-likeness (QED) is 0.543. The molecule has 0 aromatic carbocycles. The number of hydrogen-bond acceptors (Lipinski definition) is 4. The predicted octanol–water partition coefficient (Wildman–Crippen LogP) is 4.01. The summed E-state index contributed by atoms with van der Waals surface area (Å²) in [5.74, 6) is 1.38. The van der Waals surface area contributed by atoms with Crippen molar-refractivity contribution in [2.45, 2.75) is 31.7 Å². The Morgan fingerprint density at radius 3 is 3.06 bits per heavy atom. The Balaban J connectivity index is 1.53. The number of unbranched alkanes of at least 4 members (excludes halogenated alkanes) is 1. The predicted molar refractivity (Wildman–Crippen MR) is 73.0 cm³/mol. The second-order valence-electron chi connectivity index (χ2n) is 3.96. The van der Waals surface area contributed by atoms with E-state index < -0.39 is 0 Å². The molecule has 0 fully saturated rings. The highest BCUT2D eigenvalue weighted by atomic mass is 35.5. The maximum atomic E-state index is 5.71. The van der Waals surface area contributed by atoms with Gasteiger partial charge in [-0.25, -0.2) is 4.98 Å². The molecule has 2 heterocycles. The number of halogens is 1. The fourth-order valence-corrected chi connectivity index (χ4v) is 2.64. The highest BCUT2D eigenvalue weighted by Crippen LogP contribution is 2.14. The van der Waals surface area contributed by atoms with Gasteiger partial charge in [0.25, 0.3) is 0 Å². The number of furan rings is 1. The standard InChI is InChI=1S/C13H16ClNO2S/c14-8-11-10-18-13(15-11)5-1-2-6-16-9-12-4-3-7-17-12/h3-4,7,10H,1-2,5-6,8-9H2. The number of hydrogen-bond donors (Lipinski definition) is 0. The van der Waals surface area contributed by atoms with Gasteiger partial charge in [0, 0.05) is 12.0 Å². The molecule has 2 aromatic rings. The average Bonchev–Trinajstić information content (AvgIpc) is 3.04. The van der Waals surface area contributed by atoms with Gasteiger partial charge in [0.05, 0.1) is 22.8 Å². The molecule has 2 aromatic heterocycles. The summed E-state index contributed by atoms with van der Waals surface area (Å²) in [7, 11) is 0. The molecule has 0 N–H and O–H groups in total. The second kappa shape index (κ2) is 7.56. The van der Waals surface area contributed by atoms with Gasteiger partial charge < -0.3 is 9.15 Å². The van der Waals surface area contributed by atoms with Gasteiger partial charge in [0.15, 0.2) is 0 Å². The van der Waals surface area contributed by atoms with Crippen LogP contribution in [0.5, 0.6) is 0 Å². The van der Waals surface area contributed by atoms with Crippen LogP contribution in [0.15, 0.2) is 28.2 Å². The zero-order chi connectivity index (χ0) is 12.6. The van der Waals surface area contributed by atoms with Crippen molar-refractivity contribution < 1.29 is 9.15 Å². The molecule has 2 rings (SSSR count). The SMILES string of the molecule is ClCc1csc(CCCCOCc2ccco2)n1. The molecular formula is C13H16ClNO2S. The molecule has 0 unspecified atom stereocenters. The van der Waals surface area contributed by atoms with Crippen molar-refractivity contribution in [2.24, 2.45) is 0 Å². The van der Waals surface area contributed by atoms with E-state index in [1.807, 2.05) is 17.5 Å². The van der Waals surface area contributed by atoms with E-state index in [4.69, 9.17) is 20.8 Å². The zero-order valence-corrected chi connectivity index (χ0v) is 11.7. The minimum Gasteiger partial charge on any atom is -0.467 e. The largest absolute Gasteiger partial charge is 0.467 e. The van der Waals surface area contributed by atoms with Crippen LogP contribution in [0.1, 0.15) is 29.3 Å². The molecule has 0 aliphatic heterocycles. The molecule has 0 aliphatic rings. The van der Waals surface area contributed by atoms with Gasteiger partial charge in [0.1, 0.15) is 12.4 Å². The number of alkyl halides is 1. The lowest BCUT2D eigenvalue weighted by Gasteiger charge is -2.01. The third kappa shape index (κ3) is 4.44. The Bertz CT molecular complexity index is 442. The van der Waals surface area contributed by atoms with Crippen LogP contribution in [0.2, 0.25) is 0 Å². The Hall–Kier alpha value is -0.840. The van der Waals surface area contributed by atoms with E-state index in [2.05, 4.69) is 4.98 Å². The van der Waals surface area contributed by atoms with Crippen LogP contribution in [-0.4, -0.2) is 11.6 Å². The molecule has 0 amide bonds. The van der Waals surface area contributed by atoms with Gasteiger partial charge in [-0.05, 0) is 31.4 Å². The minimum atomic E-state index is 0.503. The van der Waals surface area contributed by atoms with Crippen molar-refractivity contribution in [1.82, 2.24) is 4.98 Å². The molecule has 0 saturated heterocycles. The molecule has 0 radical (unpaired) electrons. The molecule has 3 nitrogen and oxygen atoms in total. The van der Waals surface area contributed by atoms with Crippen LogP contribution in [0.25, 0.3) is 0 Å². The Morgan fingerprint density at radius 1 is 1.39 bits per heavy atom. The van der Waals surface area contributed by atoms with E-state index in [1.165, 1.54) is 0 Å². The average molecular weight is 286 g/mol. The van der Waals surface area contributed by atoms with Crippen LogP contribution in [0, 0.1) is 0 Å². The van der Waals surface area contributed by atoms with Crippen molar-refractivity contribution in [2.75, 3.05) is 6.61 Å². The van der Waals surface area contributed by atoms with E-state index in [0.29, 0.717) is 12.5 Å². The van der Waals surface area contributed by atoms with Gasteiger partial charge in [0.2, 0.25) is 0 Å². The first-order valence-corrected chi connectivity index (χ1v) is 7.39. The zero-order valence-electron chi connectivity index (χ0n) is 10.1. The van der Waals surface area contributed by atoms with Crippen LogP contribution in [0.3, 0.4) is 0 Å². The van der Waals surface area contributed by atoms with Crippen LogP contribution in [0.4, 0.5) is 0 Å². The first-order valence-electron chi connectivity index (χ1n) is 5.98. The van der Waals surface area contributed by atoms with Crippen LogP contribution in [-0.2, 0) is 23.6 Å². The molecule has 0 aliphatic carbocycles. The van der Waals surface area contributed by atoms with E-state index in [9.17, 15) is 0 Å². The summed E-state index contributed by atoms with van der Waals surface area (Å²) < 4.78 is 10.7. The van der Waals surface area contributed by atoms with Crippen molar-refractivity contribution >= 4 is 22.9 Å². The molecule has 18 heavy (non-hydrogen) atoms. The summed E-state index contributed by atoms with van der Waals surface area (Å²) >= 11 is 7.39. The van der Waals surface area contributed by atoms with Gasteiger partial charge in [-0.1, -0.05) is 0 Å². The summed E-state index contributed by atoms with van der Waals surface area (Å²) in [6.45, 7) is 1.31. The number of nitrogens with zero attached hydrogens (tertiary/aromatic N) is 1. The van der Waals surface area contributed by atoms with Crippen molar-refractivity contribution in [3.05, 3.63) is 40.2 Å². The first kappa shape index (κ1) is 13.6. The molecule has 0 atom stereocenters. The number of aryl methyl sites for hydroxylation is 1. The Morgan fingerprint density at radius 2 is 2.33 bits per heavy atom. The smallest absolute Gasteiger partial charge is 0.129 e. The maximum Gasteiger partial charge on any atom is 0.129 e. The number of ether oxygens (including phenoxy) is 1. The third-order valence-corrected chi connectivity index (χ3v) is 3.72. The van der Waals surface area contributed by atoms with Crippen molar-refractivity contribution in [3.8, 4) is 0 Å². The highest BCUT2D eigenvalue weighted by Gasteiger charge is 2.01. The minimum absolute atomic E-state index is 0.503. The molecule has 5 heteroatoms. The topological polar surface area (TPSA) is 35.3 Å². The van der Waals surface area contributed by atoms with Gasteiger partial charge >= 0.3 is 0 Å². The number of rotatable bonds is 8. The fraction of sp³-hybridized carbons (Fsp3) is 0.462. The summed E-state index contributed by atoms with van der Waals surface area (Å²) in [5, 5.41) is 3.19. The summed E-state index contributed by atoms with van der Waals surface area (Å²) in [6.07, 6.45) is 4.80. The fourth-order valence-electron chi connectivity index (χ4n) is 1.57. The lowest BCUT2D eigenvalue weighted by atomic mass is 10.2. The lowest BCUT2D eigenvalue weighted by molar-refractivity contribution is 0.103. The molecule has 0 bridgehead atoms. The van der Waals surface area contributed by atoms with Gasteiger partial charge in [-0.3, -0.25) is 0 Å². The van der Waals surface area contributed by atoms with Crippen molar-refractivity contribution in [3.63, 3.8) is 0 Å². The lowest BCUT2D eigenvalue weighted by Crippen LogP contribution is -1.95. The summed E-state index contributed by atoms with van der Waals surface area (Å²) in [4.78, 5) is 4.42. The molecule has 98 valence electrons. The summed E-state index contributed by atoms with van der Waals surface area (Å²) in [6, 6.07) is 3.79. The van der Waals surface area contributed by atoms with Crippen LogP contribution < -0.4 is 0 Å². The molecule has 0 spiro atoms. The van der Waals surface area contributed by atoms with E-state index in [-0.39, 0.29) is 0 Å². The van der Waals surface area contributed by atoms with Crippen molar-refractivity contribution in [1.29, 1.82) is 0 Å². The monoisotopic (exact) mass is 285 g/mol. The van der Waals surface area contributed by atoms with Gasteiger partial charge in [-0.15, -0.1) is 22.9 Å². The maximum absolute atomic E-state index is 5.71. The highest BCUT2D eigenvalue weighted by molar-refractivity contribution is 7.09. The van der Waals surface area contributed by atoms with Gasteiger partial charge in [-0.2, -0.15) is 0 Å². The Kier molecular flexibility index (Phi) is 5.71. The van der Waals surface area contributed by atoms with Crippen LogP contribution >= 0.6 is 22.9 Å². The number of aromatic nitrogens is 1. The van der Waals surface area contributed by atoms with E-state index in [1.54, 1.807) is 17.6 Å². The van der Waals surface area contributed by atoms with E-state index in [0.717, 1.165) is 42.3 Å². The molecule has 0 saturated carbocycles. The normalized spacial score (nSPS) is 10.9.